The molecule has 1 unspecified atom stereocenters. The summed E-state index contributed by atoms with van der Waals surface area (Å²) in [6, 6.07) is -0.303. The zero-order valence-corrected chi connectivity index (χ0v) is 12.9. The number of carboxylic acids is 1. The van der Waals surface area contributed by atoms with E-state index in [-0.39, 0.29) is 37.0 Å². The second-order valence-corrected chi connectivity index (χ2v) is 6.65. The number of likely N-dealkylation sites (N-methyl/N-ethyl adjacent to an activating group) is 1. The second-order valence-electron chi connectivity index (χ2n) is 5.50. The number of thioether (sulfide) groups is 1. The van der Waals surface area contributed by atoms with Gasteiger partial charge in [0.25, 0.3) is 0 Å². The molecule has 0 bridgehead atoms. The van der Waals surface area contributed by atoms with Crippen LogP contribution in [0.2, 0.25) is 0 Å². The minimum atomic E-state index is -0.908. The van der Waals surface area contributed by atoms with Gasteiger partial charge in [0.05, 0.1) is 12.5 Å². The quantitative estimate of drug-likeness (QED) is 0.757. The van der Waals surface area contributed by atoms with E-state index in [0.717, 1.165) is 18.6 Å². The highest BCUT2D eigenvalue weighted by molar-refractivity contribution is 7.99. The fourth-order valence-corrected chi connectivity index (χ4v) is 3.34. The van der Waals surface area contributed by atoms with Crippen molar-refractivity contribution in [2.75, 3.05) is 31.6 Å². The van der Waals surface area contributed by atoms with Crippen molar-refractivity contribution in [2.24, 2.45) is 0 Å². The Labute approximate surface area is 128 Å². The Balaban J connectivity index is 1.88. The zero-order valence-electron chi connectivity index (χ0n) is 12.1. The normalized spacial score (nSPS) is 21.8. The molecule has 0 aromatic carbocycles. The first-order valence-electron chi connectivity index (χ1n) is 7.08. The third-order valence-electron chi connectivity index (χ3n) is 3.53. The molecule has 118 valence electrons. The third kappa shape index (κ3) is 4.80. The molecular weight excluding hydrogens is 294 g/mol. The van der Waals surface area contributed by atoms with Crippen LogP contribution >= 0.6 is 11.8 Å². The Hall–Kier alpha value is -1.44. The Morgan fingerprint density at radius 3 is 2.71 bits per heavy atom. The molecule has 0 aromatic heterocycles. The fraction of sp³-hybridized carbons (Fsp3) is 0.769. The number of aliphatic carboxylic acids is 1. The Bertz CT molecular complexity index is 428. The number of rotatable bonds is 5. The summed E-state index contributed by atoms with van der Waals surface area (Å²) in [6.07, 6.45) is 1.96. The molecule has 0 spiro atoms. The first-order chi connectivity index (χ1) is 9.97. The lowest BCUT2D eigenvalue weighted by atomic mass is 10.2. The molecule has 1 atom stereocenters. The number of nitrogens with zero attached hydrogens (tertiary/aromatic N) is 2. The predicted octanol–water partition coefficient (Wildman–Crippen LogP) is 0.209. The minimum Gasteiger partial charge on any atom is -0.481 e. The molecule has 1 saturated heterocycles. The molecule has 2 aliphatic rings. The smallest absolute Gasteiger partial charge is 0.320 e. The summed E-state index contributed by atoms with van der Waals surface area (Å²) in [6.45, 7) is 0.537. The van der Waals surface area contributed by atoms with Crippen molar-refractivity contribution >= 4 is 29.7 Å². The fourth-order valence-electron chi connectivity index (χ4n) is 2.28. The number of urea groups is 1. The standard InChI is InChI=1S/C13H21N3O4S/c1-15(7-11(17)14-9-2-3-9)13(20)16-4-5-21-8-10(16)6-12(18)19/h9-10H,2-8H2,1H3,(H,14,17)(H,18,19). The summed E-state index contributed by atoms with van der Waals surface area (Å²) in [4.78, 5) is 38.0. The Kier molecular flexibility index (Phi) is 5.33. The van der Waals surface area contributed by atoms with Crippen molar-refractivity contribution in [3.63, 3.8) is 0 Å². The Morgan fingerprint density at radius 1 is 1.38 bits per heavy atom. The number of hydrogen-bond acceptors (Lipinski definition) is 4. The molecule has 2 fully saturated rings. The van der Waals surface area contributed by atoms with Crippen LogP contribution in [-0.4, -0.2) is 76.5 Å². The number of carbonyl (C=O) groups excluding carboxylic acids is 2. The zero-order chi connectivity index (χ0) is 15.4. The number of hydrogen-bond donors (Lipinski definition) is 2. The maximum Gasteiger partial charge on any atom is 0.320 e. The van der Waals surface area contributed by atoms with Gasteiger partial charge in [0.15, 0.2) is 0 Å². The van der Waals surface area contributed by atoms with E-state index in [4.69, 9.17) is 5.11 Å². The average Bonchev–Trinajstić information content (AvgIpc) is 3.21. The van der Waals surface area contributed by atoms with Crippen molar-refractivity contribution in [3.8, 4) is 0 Å². The van der Waals surface area contributed by atoms with Crippen LogP contribution in [0.1, 0.15) is 19.3 Å². The summed E-state index contributed by atoms with van der Waals surface area (Å²) >= 11 is 1.65. The van der Waals surface area contributed by atoms with Crippen LogP contribution in [-0.2, 0) is 9.59 Å². The van der Waals surface area contributed by atoms with E-state index in [2.05, 4.69) is 5.32 Å². The SMILES string of the molecule is CN(CC(=O)NC1CC1)C(=O)N1CCSCC1CC(=O)O. The van der Waals surface area contributed by atoms with Gasteiger partial charge >= 0.3 is 12.0 Å². The summed E-state index contributed by atoms with van der Waals surface area (Å²) in [5.74, 6) is 0.355. The molecule has 2 rings (SSSR count). The van der Waals surface area contributed by atoms with Crippen LogP contribution < -0.4 is 5.32 Å². The van der Waals surface area contributed by atoms with Gasteiger partial charge < -0.3 is 20.2 Å². The van der Waals surface area contributed by atoms with Crippen molar-refractivity contribution in [1.29, 1.82) is 0 Å². The van der Waals surface area contributed by atoms with E-state index in [1.165, 1.54) is 4.90 Å². The van der Waals surface area contributed by atoms with Gasteiger partial charge in [-0.25, -0.2) is 4.79 Å². The van der Waals surface area contributed by atoms with Crippen LogP contribution in [0, 0.1) is 0 Å². The van der Waals surface area contributed by atoms with E-state index in [9.17, 15) is 14.4 Å². The molecule has 3 amide bonds. The maximum absolute atomic E-state index is 12.4. The summed E-state index contributed by atoms with van der Waals surface area (Å²) in [5.41, 5.74) is 0. The van der Waals surface area contributed by atoms with Crippen molar-refractivity contribution in [1.82, 2.24) is 15.1 Å². The summed E-state index contributed by atoms with van der Waals surface area (Å²) in [7, 11) is 1.58. The second kappa shape index (κ2) is 7.02. The first kappa shape index (κ1) is 15.9. The largest absolute Gasteiger partial charge is 0.481 e. The molecule has 8 heteroatoms. The van der Waals surface area contributed by atoms with Crippen molar-refractivity contribution in [2.45, 2.75) is 31.3 Å². The van der Waals surface area contributed by atoms with Gasteiger partial charge in [-0.3, -0.25) is 9.59 Å². The molecular formula is C13H21N3O4S. The van der Waals surface area contributed by atoms with Gasteiger partial charge in [-0.2, -0.15) is 11.8 Å². The highest BCUT2D eigenvalue weighted by Gasteiger charge is 2.31. The highest BCUT2D eigenvalue weighted by atomic mass is 32.2. The molecule has 1 heterocycles. The molecule has 0 aromatic rings. The summed E-state index contributed by atoms with van der Waals surface area (Å²) < 4.78 is 0. The lowest BCUT2D eigenvalue weighted by Crippen LogP contribution is -2.53. The monoisotopic (exact) mass is 315 g/mol. The molecule has 1 aliphatic carbocycles. The molecule has 7 nitrogen and oxygen atoms in total. The predicted molar refractivity (Wildman–Crippen MR) is 79.3 cm³/mol. The van der Waals surface area contributed by atoms with Gasteiger partial charge in [-0.1, -0.05) is 0 Å². The van der Waals surface area contributed by atoms with Gasteiger partial charge in [0.2, 0.25) is 5.91 Å². The third-order valence-corrected chi connectivity index (χ3v) is 4.62. The molecule has 0 radical (unpaired) electrons. The topological polar surface area (TPSA) is 90.0 Å². The van der Waals surface area contributed by atoms with Crippen LogP contribution in [0.25, 0.3) is 0 Å². The Morgan fingerprint density at radius 2 is 2.10 bits per heavy atom. The van der Waals surface area contributed by atoms with E-state index in [1.807, 2.05) is 0 Å². The number of carboxylic acid groups (broad SMARTS) is 1. The van der Waals surface area contributed by atoms with E-state index >= 15 is 0 Å². The van der Waals surface area contributed by atoms with Crippen LogP contribution in [0.15, 0.2) is 0 Å². The number of nitrogens with one attached hydrogen (secondary N) is 1. The number of amides is 3. The van der Waals surface area contributed by atoms with Crippen LogP contribution in [0.5, 0.6) is 0 Å². The van der Waals surface area contributed by atoms with Crippen LogP contribution in [0.4, 0.5) is 4.79 Å². The van der Waals surface area contributed by atoms with Gasteiger partial charge in [0.1, 0.15) is 6.54 Å². The summed E-state index contributed by atoms with van der Waals surface area (Å²) in [5, 5.41) is 11.8. The molecule has 1 aliphatic heterocycles. The minimum absolute atomic E-state index is 0.0127. The van der Waals surface area contributed by atoms with Crippen molar-refractivity contribution < 1.29 is 19.5 Å². The average molecular weight is 315 g/mol. The van der Waals surface area contributed by atoms with Gasteiger partial charge in [0, 0.05) is 31.1 Å². The maximum atomic E-state index is 12.4. The van der Waals surface area contributed by atoms with Crippen molar-refractivity contribution in [3.05, 3.63) is 0 Å². The van der Waals surface area contributed by atoms with E-state index < -0.39 is 5.97 Å². The van der Waals surface area contributed by atoms with Gasteiger partial charge in [-0.05, 0) is 12.8 Å². The molecule has 21 heavy (non-hydrogen) atoms. The molecule has 1 saturated carbocycles. The highest BCUT2D eigenvalue weighted by Crippen LogP contribution is 2.21. The lowest BCUT2D eigenvalue weighted by Gasteiger charge is -2.37. The van der Waals surface area contributed by atoms with E-state index in [1.54, 1.807) is 23.7 Å². The molecule has 2 N–H and O–H groups in total. The van der Waals surface area contributed by atoms with E-state index in [0.29, 0.717) is 12.3 Å². The lowest BCUT2D eigenvalue weighted by molar-refractivity contribution is -0.138. The van der Waals surface area contributed by atoms with Gasteiger partial charge in [-0.15, -0.1) is 0 Å². The first-order valence-corrected chi connectivity index (χ1v) is 8.23. The van der Waals surface area contributed by atoms with Crippen LogP contribution in [0.3, 0.4) is 0 Å². The number of carbonyl (C=O) groups is 3.